The fraction of sp³-hybridized carbons (Fsp3) is 0.429. The number of nitrogens with one attached hydrogen (secondary N) is 1. The van der Waals surface area contributed by atoms with Crippen LogP contribution < -0.4 is 10.1 Å². The van der Waals surface area contributed by atoms with Gasteiger partial charge in [-0.2, -0.15) is 0 Å². The maximum absolute atomic E-state index is 11.6. The van der Waals surface area contributed by atoms with Gasteiger partial charge in [-0.3, -0.25) is 4.79 Å². The third-order valence-corrected chi connectivity index (χ3v) is 3.24. The molecule has 1 aromatic heterocycles. The van der Waals surface area contributed by atoms with E-state index in [1.807, 2.05) is 0 Å². The van der Waals surface area contributed by atoms with Crippen molar-refractivity contribution in [3.05, 3.63) is 35.5 Å². The van der Waals surface area contributed by atoms with Crippen molar-refractivity contribution in [2.75, 3.05) is 13.2 Å². The number of aromatic nitrogens is 1. The molecule has 2 rings (SSSR count). The van der Waals surface area contributed by atoms with Gasteiger partial charge < -0.3 is 10.1 Å². The molecule has 0 aromatic carbocycles. The quantitative estimate of drug-likeness (QED) is 0.644. The molecular weight excluding hydrogens is 264 g/mol. The summed E-state index contributed by atoms with van der Waals surface area (Å²) < 4.78 is 5.39. The molecule has 0 spiro atoms. The van der Waals surface area contributed by atoms with Gasteiger partial charge in [-0.1, -0.05) is 23.8 Å². The lowest BCUT2D eigenvalue weighted by Gasteiger charge is -2.09. The van der Waals surface area contributed by atoms with Gasteiger partial charge in [-0.15, -0.1) is 0 Å². The van der Waals surface area contributed by atoms with Crippen molar-refractivity contribution >= 4 is 17.5 Å². The Kier molecular flexibility index (Phi) is 5.21. The van der Waals surface area contributed by atoms with E-state index in [1.54, 1.807) is 18.3 Å². The second-order valence-corrected chi connectivity index (χ2v) is 4.87. The summed E-state index contributed by atoms with van der Waals surface area (Å²) in [6.07, 6.45) is 8.58. The normalized spacial score (nSPS) is 17.4. The summed E-state index contributed by atoms with van der Waals surface area (Å²) in [5.74, 6) is 0.857. The number of allylic oxidation sites excluding steroid dienone is 2. The van der Waals surface area contributed by atoms with Gasteiger partial charge >= 0.3 is 0 Å². The van der Waals surface area contributed by atoms with Gasteiger partial charge in [-0.25, -0.2) is 4.98 Å². The highest BCUT2D eigenvalue weighted by atomic mass is 35.5. The van der Waals surface area contributed by atoms with Crippen molar-refractivity contribution in [3.63, 3.8) is 0 Å². The minimum Gasteiger partial charge on any atom is -0.475 e. The van der Waals surface area contributed by atoms with Gasteiger partial charge in [0, 0.05) is 12.6 Å². The van der Waals surface area contributed by atoms with Crippen LogP contribution in [0.15, 0.2) is 30.5 Å². The Labute approximate surface area is 117 Å². The van der Waals surface area contributed by atoms with E-state index in [4.69, 9.17) is 16.3 Å². The van der Waals surface area contributed by atoms with Crippen LogP contribution in [0.5, 0.6) is 5.88 Å². The Bertz CT molecular complexity index is 463. The van der Waals surface area contributed by atoms with Crippen molar-refractivity contribution in [2.45, 2.75) is 19.3 Å². The molecule has 1 N–H and O–H groups in total. The molecule has 0 bridgehead atoms. The van der Waals surface area contributed by atoms with Crippen molar-refractivity contribution in [1.82, 2.24) is 10.3 Å². The Morgan fingerprint density at radius 1 is 1.58 bits per heavy atom. The molecule has 4 nitrogen and oxygen atoms in total. The number of hydrogen-bond acceptors (Lipinski definition) is 3. The molecular formula is C14H17ClN2O2. The van der Waals surface area contributed by atoms with Crippen molar-refractivity contribution < 1.29 is 9.53 Å². The zero-order valence-electron chi connectivity index (χ0n) is 10.6. The van der Waals surface area contributed by atoms with Crippen molar-refractivity contribution in [3.8, 4) is 5.88 Å². The van der Waals surface area contributed by atoms with Gasteiger partial charge in [0.1, 0.15) is 11.6 Å². The highest BCUT2D eigenvalue weighted by Gasteiger charge is 2.13. The third-order valence-electron chi connectivity index (χ3n) is 2.95. The van der Waals surface area contributed by atoms with Gasteiger partial charge in [0.05, 0.1) is 6.54 Å². The minimum absolute atomic E-state index is 0.0623. The van der Waals surface area contributed by atoms with E-state index in [-0.39, 0.29) is 5.91 Å². The number of carbonyl (C=O) groups is 1. The molecule has 19 heavy (non-hydrogen) atoms. The number of ether oxygens (including phenoxy) is 1. The molecule has 0 saturated carbocycles. The molecule has 5 heteroatoms. The average Bonchev–Trinajstić information content (AvgIpc) is 2.89. The zero-order valence-corrected chi connectivity index (χ0v) is 11.4. The molecule has 1 aromatic rings. The van der Waals surface area contributed by atoms with Crippen LogP contribution in [0.1, 0.15) is 19.3 Å². The number of nitrogens with zero attached hydrogens (tertiary/aromatic N) is 1. The standard InChI is InChI=1S/C14H17ClN2O2/c15-12-6-3-7-17-14(12)19-9-8-16-13(18)10-11-4-1-2-5-11/h1,3-4,6-7,11H,2,5,8-10H2,(H,16,18). The van der Waals surface area contributed by atoms with Crippen LogP contribution in [0.3, 0.4) is 0 Å². The molecule has 0 fully saturated rings. The summed E-state index contributed by atoms with van der Waals surface area (Å²) in [4.78, 5) is 15.6. The smallest absolute Gasteiger partial charge is 0.232 e. The van der Waals surface area contributed by atoms with E-state index < -0.39 is 0 Å². The number of hydrogen-bond donors (Lipinski definition) is 1. The second kappa shape index (κ2) is 7.14. The lowest BCUT2D eigenvalue weighted by molar-refractivity contribution is -0.121. The van der Waals surface area contributed by atoms with E-state index >= 15 is 0 Å². The molecule has 0 saturated heterocycles. The molecule has 1 amide bonds. The fourth-order valence-corrected chi connectivity index (χ4v) is 2.17. The predicted molar refractivity (Wildman–Crippen MR) is 74.2 cm³/mol. The van der Waals surface area contributed by atoms with Crippen molar-refractivity contribution in [1.29, 1.82) is 0 Å². The first-order valence-corrected chi connectivity index (χ1v) is 6.80. The molecule has 1 aliphatic rings. The van der Waals surface area contributed by atoms with Gasteiger partial charge in [-0.05, 0) is 30.9 Å². The summed E-state index contributed by atoms with van der Waals surface area (Å²) >= 11 is 5.90. The topological polar surface area (TPSA) is 51.2 Å². The van der Waals surface area contributed by atoms with E-state index in [1.165, 1.54) is 0 Å². The van der Waals surface area contributed by atoms with Crippen LogP contribution in [0, 0.1) is 5.92 Å². The highest BCUT2D eigenvalue weighted by molar-refractivity contribution is 6.31. The minimum atomic E-state index is 0.0623. The molecule has 102 valence electrons. The number of pyridine rings is 1. The summed E-state index contributed by atoms with van der Waals surface area (Å²) in [6, 6.07) is 3.46. The molecule has 1 aliphatic carbocycles. The summed E-state index contributed by atoms with van der Waals surface area (Å²) in [5, 5.41) is 3.31. The Morgan fingerprint density at radius 3 is 3.21 bits per heavy atom. The number of carbonyl (C=O) groups excluding carboxylic acids is 1. The van der Waals surface area contributed by atoms with Crippen LogP contribution in [0.4, 0.5) is 0 Å². The van der Waals surface area contributed by atoms with Crippen LogP contribution >= 0.6 is 11.6 Å². The SMILES string of the molecule is O=C(CC1C=CCC1)NCCOc1ncccc1Cl. The van der Waals surface area contributed by atoms with Gasteiger partial charge in [0.15, 0.2) is 0 Å². The van der Waals surface area contributed by atoms with E-state index in [9.17, 15) is 4.79 Å². The Hall–Kier alpha value is -1.55. The second-order valence-electron chi connectivity index (χ2n) is 4.46. The maximum Gasteiger partial charge on any atom is 0.232 e. The van der Waals surface area contributed by atoms with Crippen LogP contribution in [0.25, 0.3) is 0 Å². The first-order valence-electron chi connectivity index (χ1n) is 6.42. The predicted octanol–water partition coefficient (Wildman–Crippen LogP) is 2.59. The highest BCUT2D eigenvalue weighted by Crippen LogP contribution is 2.20. The van der Waals surface area contributed by atoms with Crippen LogP contribution in [0.2, 0.25) is 5.02 Å². The van der Waals surface area contributed by atoms with Crippen molar-refractivity contribution in [2.24, 2.45) is 5.92 Å². The van der Waals surface area contributed by atoms with E-state index in [2.05, 4.69) is 22.5 Å². The molecule has 0 radical (unpaired) electrons. The number of amides is 1. The molecule has 0 aliphatic heterocycles. The first-order chi connectivity index (χ1) is 9.25. The Morgan fingerprint density at radius 2 is 2.47 bits per heavy atom. The molecule has 1 unspecified atom stereocenters. The van der Waals surface area contributed by atoms with E-state index in [0.29, 0.717) is 36.4 Å². The monoisotopic (exact) mass is 280 g/mol. The van der Waals surface area contributed by atoms with Gasteiger partial charge in [0.25, 0.3) is 0 Å². The summed E-state index contributed by atoms with van der Waals surface area (Å²) in [7, 11) is 0. The zero-order chi connectivity index (χ0) is 13.5. The van der Waals surface area contributed by atoms with Crippen LogP contribution in [-0.2, 0) is 4.79 Å². The lowest BCUT2D eigenvalue weighted by atomic mass is 10.1. The van der Waals surface area contributed by atoms with Crippen LogP contribution in [-0.4, -0.2) is 24.0 Å². The average molecular weight is 281 g/mol. The molecule has 1 heterocycles. The van der Waals surface area contributed by atoms with E-state index in [0.717, 1.165) is 12.8 Å². The van der Waals surface area contributed by atoms with Gasteiger partial charge in [0.2, 0.25) is 11.8 Å². The maximum atomic E-state index is 11.6. The largest absolute Gasteiger partial charge is 0.475 e. The lowest BCUT2D eigenvalue weighted by Crippen LogP contribution is -2.29. The summed E-state index contributed by atoms with van der Waals surface area (Å²) in [5.41, 5.74) is 0. The Balaban J connectivity index is 1.62. The number of rotatable bonds is 6. The fourth-order valence-electron chi connectivity index (χ4n) is 1.99. The third kappa shape index (κ3) is 4.56. The first kappa shape index (κ1) is 13.9. The summed E-state index contributed by atoms with van der Waals surface area (Å²) in [6.45, 7) is 0.825. The number of halogens is 1. The molecule has 1 atom stereocenters.